The molecule has 10 heavy (non-hydrogen) atoms. The van der Waals surface area contributed by atoms with Crippen molar-refractivity contribution in [3.63, 3.8) is 0 Å². The second-order valence-electron chi connectivity index (χ2n) is 1.71. The second-order valence-corrected chi connectivity index (χ2v) is 1.71. The van der Waals surface area contributed by atoms with Crippen molar-refractivity contribution in [1.82, 2.24) is 0 Å². The SMILES string of the molecule is C=CNc1ccccc1.Cl. The minimum atomic E-state index is 0. The van der Waals surface area contributed by atoms with Gasteiger partial charge in [0.25, 0.3) is 0 Å². The zero-order valence-corrected chi connectivity index (χ0v) is 6.40. The molecule has 1 aromatic rings. The van der Waals surface area contributed by atoms with Gasteiger partial charge in [-0.3, -0.25) is 0 Å². The molecule has 54 valence electrons. The zero-order valence-electron chi connectivity index (χ0n) is 5.58. The molecule has 1 nitrogen and oxygen atoms in total. The van der Waals surface area contributed by atoms with Crippen molar-refractivity contribution in [2.24, 2.45) is 0 Å². The largest absolute Gasteiger partial charge is 0.362 e. The highest BCUT2D eigenvalue weighted by atomic mass is 35.5. The van der Waals surface area contributed by atoms with Gasteiger partial charge in [0.15, 0.2) is 0 Å². The Hall–Kier alpha value is -0.950. The molecule has 2 heteroatoms. The fraction of sp³-hybridized carbons (Fsp3) is 0. The summed E-state index contributed by atoms with van der Waals surface area (Å²) in [7, 11) is 0. The number of hydrogen-bond acceptors (Lipinski definition) is 1. The molecule has 0 unspecified atom stereocenters. The van der Waals surface area contributed by atoms with Gasteiger partial charge >= 0.3 is 0 Å². The summed E-state index contributed by atoms with van der Waals surface area (Å²) in [6.45, 7) is 3.54. The van der Waals surface area contributed by atoms with E-state index in [1.807, 2.05) is 30.3 Å². The molecule has 0 fully saturated rings. The van der Waals surface area contributed by atoms with E-state index in [4.69, 9.17) is 0 Å². The summed E-state index contributed by atoms with van der Waals surface area (Å²) < 4.78 is 0. The molecule has 0 bridgehead atoms. The third-order valence-electron chi connectivity index (χ3n) is 1.04. The van der Waals surface area contributed by atoms with Crippen LogP contribution < -0.4 is 5.32 Å². The molecular weight excluding hydrogens is 146 g/mol. The van der Waals surface area contributed by atoms with Crippen molar-refractivity contribution in [2.45, 2.75) is 0 Å². The first-order valence-corrected chi connectivity index (χ1v) is 2.86. The van der Waals surface area contributed by atoms with Gasteiger partial charge in [-0.25, -0.2) is 0 Å². The number of anilines is 1. The minimum Gasteiger partial charge on any atom is -0.362 e. The summed E-state index contributed by atoms with van der Waals surface area (Å²) in [5, 5.41) is 2.97. The molecule has 0 heterocycles. The molecule has 0 aliphatic carbocycles. The van der Waals surface area contributed by atoms with Crippen molar-refractivity contribution in [3.05, 3.63) is 43.1 Å². The van der Waals surface area contributed by atoms with E-state index in [1.165, 1.54) is 0 Å². The van der Waals surface area contributed by atoms with Crippen LogP contribution in [-0.4, -0.2) is 0 Å². The highest BCUT2D eigenvalue weighted by Crippen LogP contribution is 2.03. The van der Waals surface area contributed by atoms with Crippen molar-refractivity contribution in [2.75, 3.05) is 5.32 Å². The number of para-hydroxylation sites is 1. The summed E-state index contributed by atoms with van der Waals surface area (Å²) in [5.74, 6) is 0. The van der Waals surface area contributed by atoms with Gasteiger partial charge in [0.05, 0.1) is 0 Å². The third-order valence-corrected chi connectivity index (χ3v) is 1.04. The average molecular weight is 156 g/mol. The molecule has 1 aromatic carbocycles. The summed E-state index contributed by atoms with van der Waals surface area (Å²) >= 11 is 0. The molecule has 1 N–H and O–H groups in total. The van der Waals surface area contributed by atoms with Gasteiger partial charge < -0.3 is 5.32 Å². The first-order chi connectivity index (χ1) is 4.43. The second kappa shape index (κ2) is 4.89. The van der Waals surface area contributed by atoms with Crippen LogP contribution in [0.1, 0.15) is 0 Å². The Morgan fingerprint density at radius 3 is 2.30 bits per heavy atom. The van der Waals surface area contributed by atoms with Gasteiger partial charge in [-0.2, -0.15) is 0 Å². The maximum Gasteiger partial charge on any atom is 0.0379 e. The Bertz CT molecular complexity index is 184. The highest BCUT2D eigenvalue weighted by molar-refractivity contribution is 5.85. The molecule has 0 atom stereocenters. The van der Waals surface area contributed by atoms with E-state index in [0.717, 1.165) is 5.69 Å². The molecule has 0 saturated carbocycles. The molecule has 1 rings (SSSR count). The average Bonchev–Trinajstić information content (AvgIpc) is 1.91. The molecular formula is C8H10ClN. The van der Waals surface area contributed by atoms with Crippen molar-refractivity contribution < 1.29 is 0 Å². The minimum absolute atomic E-state index is 0. The van der Waals surface area contributed by atoms with E-state index in [-0.39, 0.29) is 12.4 Å². The Balaban J connectivity index is 0.000000810. The summed E-state index contributed by atoms with van der Waals surface area (Å²) in [4.78, 5) is 0. The third kappa shape index (κ3) is 2.55. The lowest BCUT2D eigenvalue weighted by atomic mass is 10.3. The number of rotatable bonds is 2. The number of halogens is 1. The van der Waals surface area contributed by atoms with Crippen LogP contribution in [0.15, 0.2) is 43.1 Å². The predicted octanol–water partition coefficient (Wildman–Crippen LogP) is 2.66. The predicted molar refractivity (Wildman–Crippen MR) is 47.5 cm³/mol. The van der Waals surface area contributed by atoms with Crippen LogP contribution in [0.3, 0.4) is 0 Å². The van der Waals surface area contributed by atoms with E-state index >= 15 is 0 Å². The zero-order chi connectivity index (χ0) is 6.53. The van der Waals surface area contributed by atoms with E-state index < -0.39 is 0 Å². The van der Waals surface area contributed by atoms with Crippen molar-refractivity contribution in [3.8, 4) is 0 Å². The molecule has 0 aliphatic heterocycles. The maximum absolute atomic E-state index is 3.54. The Morgan fingerprint density at radius 2 is 1.80 bits per heavy atom. The Labute approximate surface area is 67.2 Å². The van der Waals surface area contributed by atoms with Crippen LogP contribution in [0, 0.1) is 0 Å². The quantitative estimate of drug-likeness (QED) is 0.693. The Morgan fingerprint density at radius 1 is 1.20 bits per heavy atom. The van der Waals surface area contributed by atoms with Crippen LogP contribution in [0.5, 0.6) is 0 Å². The van der Waals surface area contributed by atoms with Crippen LogP contribution in [0.2, 0.25) is 0 Å². The first kappa shape index (κ1) is 9.05. The van der Waals surface area contributed by atoms with Gasteiger partial charge in [0.2, 0.25) is 0 Å². The standard InChI is InChI=1S/C8H9N.ClH/c1-2-9-8-6-4-3-5-7-8;/h2-7,9H,1H2;1H. The maximum atomic E-state index is 3.54. The molecule has 0 radical (unpaired) electrons. The fourth-order valence-electron chi connectivity index (χ4n) is 0.652. The van der Waals surface area contributed by atoms with Crippen LogP contribution >= 0.6 is 12.4 Å². The summed E-state index contributed by atoms with van der Waals surface area (Å²) in [6.07, 6.45) is 1.66. The molecule has 0 spiro atoms. The van der Waals surface area contributed by atoms with Gasteiger partial charge in [-0.05, 0) is 18.3 Å². The normalized spacial score (nSPS) is 7.60. The lowest BCUT2D eigenvalue weighted by Crippen LogP contribution is -1.82. The molecule has 0 aromatic heterocycles. The smallest absolute Gasteiger partial charge is 0.0379 e. The molecule has 0 amide bonds. The summed E-state index contributed by atoms with van der Waals surface area (Å²) in [5.41, 5.74) is 1.08. The number of benzene rings is 1. The van der Waals surface area contributed by atoms with Crippen LogP contribution in [-0.2, 0) is 0 Å². The van der Waals surface area contributed by atoms with E-state index in [2.05, 4.69) is 11.9 Å². The van der Waals surface area contributed by atoms with E-state index in [0.29, 0.717) is 0 Å². The monoisotopic (exact) mass is 155 g/mol. The van der Waals surface area contributed by atoms with Gasteiger partial charge in [-0.15, -0.1) is 12.4 Å². The number of hydrogen-bond donors (Lipinski definition) is 1. The van der Waals surface area contributed by atoms with E-state index in [1.54, 1.807) is 6.20 Å². The van der Waals surface area contributed by atoms with E-state index in [9.17, 15) is 0 Å². The topological polar surface area (TPSA) is 12.0 Å². The highest BCUT2D eigenvalue weighted by Gasteiger charge is 1.79. The fourth-order valence-corrected chi connectivity index (χ4v) is 0.652. The molecule has 0 saturated heterocycles. The number of nitrogens with one attached hydrogen (secondary N) is 1. The van der Waals surface area contributed by atoms with Crippen molar-refractivity contribution >= 4 is 18.1 Å². The van der Waals surface area contributed by atoms with Crippen LogP contribution in [0.4, 0.5) is 5.69 Å². The summed E-state index contributed by atoms with van der Waals surface area (Å²) in [6, 6.07) is 9.91. The van der Waals surface area contributed by atoms with Gasteiger partial charge in [0.1, 0.15) is 0 Å². The lowest BCUT2D eigenvalue weighted by Gasteiger charge is -1.95. The van der Waals surface area contributed by atoms with Gasteiger partial charge in [0, 0.05) is 5.69 Å². The lowest BCUT2D eigenvalue weighted by molar-refractivity contribution is 1.60. The van der Waals surface area contributed by atoms with Gasteiger partial charge in [-0.1, -0.05) is 24.8 Å². The van der Waals surface area contributed by atoms with Crippen molar-refractivity contribution in [1.29, 1.82) is 0 Å². The first-order valence-electron chi connectivity index (χ1n) is 2.86. The van der Waals surface area contributed by atoms with Crippen LogP contribution in [0.25, 0.3) is 0 Å². The Kier molecular flexibility index (Phi) is 4.42. The molecule has 0 aliphatic rings.